The molecule has 26 heavy (non-hydrogen) atoms. The molecule has 1 fully saturated rings. The molecule has 6 heteroatoms. The summed E-state index contributed by atoms with van der Waals surface area (Å²) in [4.78, 5) is 26.8. The molecular formula is C20H21ClN2O3. The van der Waals surface area contributed by atoms with Crippen molar-refractivity contribution >= 4 is 34.8 Å². The molecule has 0 saturated carbocycles. The zero-order chi connectivity index (χ0) is 18.7. The molecule has 136 valence electrons. The highest BCUT2D eigenvalue weighted by Crippen LogP contribution is 2.33. The van der Waals surface area contributed by atoms with E-state index < -0.39 is 5.92 Å². The lowest BCUT2D eigenvalue weighted by molar-refractivity contribution is -0.122. The molecule has 0 aliphatic carbocycles. The largest absolute Gasteiger partial charge is 0.492 e. The molecule has 0 spiro atoms. The number of rotatable bonds is 5. The van der Waals surface area contributed by atoms with E-state index in [4.69, 9.17) is 16.3 Å². The van der Waals surface area contributed by atoms with E-state index in [0.717, 1.165) is 5.56 Å². The standard InChI is InChI=1S/C20H21ClN2O3/c1-3-26-18-10-5-4-9-17(18)23-12-14(11-19(23)24)20(25)22-16-8-6-7-15(21)13(16)2/h4-10,14H,3,11-12H2,1-2H3,(H,22,25)/t14-/m0/s1. The van der Waals surface area contributed by atoms with Crippen LogP contribution in [0.15, 0.2) is 42.5 Å². The van der Waals surface area contributed by atoms with Crippen LogP contribution in [0.2, 0.25) is 5.02 Å². The lowest BCUT2D eigenvalue weighted by Crippen LogP contribution is -2.28. The van der Waals surface area contributed by atoms with E-state index in [2.05, 4.69) is 5.32 Å². The summed E-state index contributed by atoms with van der Waals surface area (Å²) >= 11 is 6.10. The lowest BCUT2D eigenvalue weighted by atomic mass is 10.1. The molecule has 1 N–H and O–H groups in total. The van der Waals surface area contributed by atoms with E-state index in [-0.39, 0.29) is 18.2 Å². The minimum atomic E-state index is -0.421. The van der Waals surface area contributed by atoms with E-state index in [1.807, 2.05) is 38.1 Å². The van der Waals surface area contributed by atoms with Crippen LogP contribution in [0.25, 0.3) is 0 Å². The van der Waals surface area contributed by atoms with Crippen molar-refractivity contribution in [3.63, 3.8) is 0 Å². The minimum absolute atomic E-state index is 0.0832. The summed E-state index contributed by atoms with van der Waals surface area (Å²) in [5, 5.41) is 3.49. The normalized spacial score (nSPS) is 16.7. The molecule has 2 aromatic rings. The van der Waals surface area contributed by atoms with E-state index in [1.165, 1.54) is 0 Å². The topological polar surface area (TPSA) is 58.6 Å². The monoisotopic (exact) mass is 372 g/mol. The van der Waals surface area contributed by atoms with Gasteiger partial charge in [0.1, 0.15) is 5.75 Å². The Morgan fingerprint density at radius 1 is 1.27 bits per heavy atom. The fraction of sp³-hybridized carbons (Fsp3) is 0.300. The molecule has 0 bridgehead atoms. The number of ether oxygens (including phenoxy) is 1. The van der Waals surface area contributed by atoms with E-state index >= 15 is 0 Å². The summed E-state index contributed by atoms with van der Waals surface area (Å²) in [6, 6.07) is 12.7. The van der Waals surface area contributed by atoms with Crippen molar-refractivity contribution in [2.24, 2.45) is 5.92 Å². The predicted molar refractivity (Wildman–Crippen MR) is 103 cm³/mol. The van der Waals surface area contributed by atoms with E-state index in [0.29, 0.717) is 35.3 Å². The zero-order valence-corrected chi connectivity index (χ0v) is 15.5. The predicted octanol–water partition coefficient (Wildman–Crippen LogP) is 4.04. The van der Waals surface area contributed by atoms with Gasteiger partial charge in [-0.15, -0.1) is 0 Å². The van der Waals surface area contributed by atoms with Crippen molar-refractivity contribution in [3.05, 3.63) is 53.1 Å². The first-order valence-electron chi connectivity index (χ1n) is 8.59. The maximum absolute atomic E-state index is 12.6. The number of amides is 2. The summed E-state index contributed by atoms with van der Waals surface area (Å²) in [7, 11) is 0. The van der Waals surface area contributed by atoms with Gasteiger partial charge in [0.15, 0.2) is 0 Å². The molecule has 5 nitrogen and oxygen atoms in total. The van der Waals surface area contributed by atoms with E-state index in [1.54, 1.807) is 23.1 Å². The highest BCUT2D eigenvalue weighted by Gasteiger charge is 2.36. The number of nitrogens with one attached hydrogen (secondary N) is 1. The average Bonchev–Trinajstić information content (AvgIpc) is 3.01. The first-order chi connectivity index (χ1) is 12.5. The molecule has 1 aliphatic rings. The van der Waals surface area contributed by atoms with Gasteiger partial charge in [-0.3, -0.25) is 9.59 Å². The first-order valence-corrected chi connectivity index (χ1v) is 8.97. The van der Waals surface area contributed by atoms with Crippen LogP contribution >= 0.6 is 11.6 Å². The molecule has 0 radical (unpaired) electrons. The molecule has 3 rings (SSSR count). The third kappa shape index (κ3) is 3.68. The van der Waals surface area contributed by atoms with Crippen LogP contribution in [-0.2, 0) is 9.59 Å². The molecule has 1 saturated heterocycles. The number of hydrogen-bond donors (Lipinski definition) is 1. The van der Waals surface area contributed by atoms with Gasteiger partial charge >= 0.3 is 0 Å². The molecular weight excluding hydrogens is 352 g/mol. The van der Waals surface area contributed by atoms with Crippen LogP contribution in [-0.4, -0.2) is 25.0 Å². The van der Waals surface area contributed by atoms with Crippen LogP contribution in [0.5, 0.6) is 5.75 Å². The number of carbonyl (C=O) groups excluding carboxylic acids is 2. The summed E-state index contributed by atoms with van der Waals surface area (Å²) in [5.41, 5.74) is 2.18. The summed E-state index contributed by atoms with van der Waals surface area (Å²) in [5.74, 6) is -0.0362. The minimum Gasteiger partial charge on any atom is -0.492 e. The Bertz CT molecular complexity index is 838. The van der Waals surface area contributed by atoms with Gasteiger partial charge in [0.05, 0.1) is 18.2 Å². The van der Waals surface area contributed by atoms with Gasteiger partial charge in [0.2, 0.25) is 11.8 Å². The van der Waals surface area contributed by atoms with Crippen molar-refractivity contribution in [1.29, 1.82) is 0 Å². The average molecular weight is 373 g/mol. The Balaban J connectivity index is 1.75. The third-order valence-corrected chi connectivity index (χ3v) is 4.89. The van der Waals surface area contributed by atoms with Crippen molar-refractivity contribution in [2.45, 2.75) is 20.3 Å². The van der Waals surface area contributed by atoms with Gasteiger partial charge < -0.3 is 15.0 Å². The highest BCUT2D eigenvalue weighted by molar-refractivity contribution is 6.31. The van der Waals surface area contributed by atoms with Crippen LogP contribution in [0.3, 0.4) is 0 Å². The van der Waals surface area contributed by atoms with Crippen molar-refractivity contribution in [2.75, 3.05) is 23.4 Å². The van der Waals surface area contributed by atoms with Gasteiger partial charge in [-0.05, 0) is 43.7 Å². The van der Waals surface area contributed by atoms with Crippen LogP contribution < -0.4 is 15.0 Å². The van der Waals surface area contributed by atoms with Crippen LogP contribution in [0.1, 0.15) is 18.9 Å². The molecule has 1 heterocycles. The number of anilines is 2. The van der Waals surface area contributed by atoms with Gasteiger partial charge in [0.25, 0.3) is 0 Å². The highest BCUT2D eigenvalue weighted by atomic mass is 35.5. The quantitative estimate of drug-likeness (QED) is 0.861. The second kappa shape index (κ2) is 7.79. The lowest BCUT2D eigenvalue weighted by Gasteiger charge is -2.20. The number of carbonyl (C=O) groups is 2. The Morgan fingerprint density at radius 2 is 2.04 bits per heavy atom. The second-order valence-electron chi connectivity index (χ2n) is 6.21. The van der Waals surface area contributed by atoms with Crippen molar-refractivity contribution in [1.82, 2.24) is 0 Å². The van der Waals surface area contributed by atoms with Gasteiger partial charge in [-0.2, -0.15) is 0 Å². The molecule has 1 aliphatic heterocycles. The third-order valence-electron chi connectivity index (χ3n) is 4.48. The smallest absolute Gasteiger partial charge is 0.229 e. The molecule has 1 atom stereocenters. The van der Waals surface area contributed by atoms with Crippen molar-refractivity contribution < 1.29 is 14.3 Å². The Labute approximate surface area is 157 Å². The van der Waals surface area contributed by atoms with Gasteiger partial charge in [-0.1, -0.05) is 29.8 Å². The van der Waals surface area contributed by atoms with Gasteiger partial charge in [-0.25, -0.2) is 0 Å². The maximum atomic E-state index is 12.6. The molecule has 2 aromatic carbocycles. The summed E-state index contributed by atoms with van der Waals surface area (Å²) < 4.78 is 5.61. The SMILES string of the molecule is CCOc1ccccc1N1C[C@@H](C(=O)Nc2cccc(Cl)c2C)CC1=O. The van der Waals surface area contributed by atoms with E-state index in [9.17, 15) is 9.59 Å². The second-order valence-corrected chi connectivity index (χ2v) is 6.61. The molecule has 0 aromatic heterocycles. The molecule has 2 amide bonds. The summed E-state index contributed by atoms with van der Waals surface area (Å²) in [6.45, 7) is 4.58. The van der Waals surface area contributed by atoms with Crippen LogP contribution in [0.4, 0.5) is 11.4 Å². The number of hydrogen-bond acceptors (Lipinski definition) is 3. The summed E-state index contributed by atoms with van der Waals surface area (Å²) in [6.07, 6.45) is 0.173. The van der Waals surface area contributed by atoms with Crippen LogP contribution in [0, 0.1) is 12.8 Å². The number of para-hydroxylation sites is 2. The zero-order valence-electron chi connectivity index (χ0n) is 14.8. The first kappa shape index (κ1) is 18.3. The van der Waals surface area contributed by atoms with Gasteiger partial charge in [0, 0.05) is 23.7 Å². The van der Waals surface area contributed by atoms with Crippen molar-refractivity contribution in [3.8, 4) is 5.75 Å². The number of halogens is 1. The Kier molecular flexibility index (Phi) is 5.47. The Hall–Kier alpha value is -2.53. The maximum Gasteiger partial charge on any atom is 0.229 e. The fourth-order valence-electron chi connectivity index (χ4n) is 3.05. The number of nitrogens with zero attached hydrogens (tertiary/aromatic N) is 1. The molecule has 0 unspecified atom stereocenters. The fourth-order valence-corrected chi connectivity index (χ4v) is 3.23. The number of benzene rings is 2. The Morgan fingerprint density at radius 3 is 2.81 bits per heavy atom.